The monoisotopic (exact) mass is 248 g/mol. The zero-order valence-electron chi connectivity index (χ0n) is 6.74. The topological polar surface area (TPSA) is 17.1 Å². The molecule has 1 nitrogen and oxygen atoms in total. The lowest BCUT2D eigenvalue weighted by Crippen LogP contribution is -2.10. The molecule has 0 aliphatic rings. The second kappa shape index (κ2) is 4.21. The molecule has 0 spiro atoms. The molecule has 84 valence electrons. The molecule has 0 heterocycles. The van der Waals surface area contributed by atoms with Crippen molar-refractivity contribution in [2.45, 2.75) is 10.7 Å². The molecule has 1 unspecified atom stereocenters. The van der Waals surface area contributed by atoms with Crippen molar-refractivity contribution in [1.82, 2.24) is 0 Å². The van der Waals surface area contributed by atoms with E-state index in [2.05, 4.69) is 0 Å². The fourth-order valence-electron chi connectivity index (χ4n) is 0.817. The Labute approximate surface area is 82.2 Å². The second-order valence-corrected chi connectivity index (χ2v) is 3.71. The lowest BCUT2D eigenvalue weighted by atomic mass is 10.3. The summed E-state index contributed by atoms with van der Waals surface area (Å²) in [5.41, 5.74) is 0. The third-order valence-corrected chi connectivity index (χ3v) is 2.52. The van der Waals surface area contributed by atoms with Gasteiger partial charge in [-0.05, 0) is 0 Å². The number of hydrogen-bond donors (Lipinski definition) is 0. The highest BCUT2D eigenvalue weighted by molar-refractivity contribution is 7.85. The van der Waals surface area contributed by atoms with Gasteiger partial charge in [-0.3, -0.25) is 0 Å². The number of rotatable bonds is 2. The van der Waals surface area contributed by atoms with Crippen molar-refractivity contribution < 1.29 is 30.6 Å². The van der Waals surface area contributed by atoms with Crippen molar-refractivity contribution >= 4 is 10.8 Å². The first-order valence-corrected chi connectivity index (χ1v) is 4.59. The van der Waals surface area contributed by atoms with Crippen LogP contribution in [0.25, 0.3) is 0 Å². The van der Waals surface area contributed by atoms with Gasteiger partial charge in [-0.1, -0.05) is 0 Å². The summed E-state index contributed by atoms with van der Waals surface area (Å²) in [5.74, 6) is -11.5. The van der Waals surface area contributed by atoms with Crippen LogP contribution in [0.5, 0.6) is 0 Å². The summed E-state index contributed by atoms with van der Waals surface area (Å²) >= 11 is 0. The summed E-state index contributed by atoms with van der Waals surface area (Å²) in [7, 11) is -3.44. The average molecular weight is 248 g/mol. The molecule has 0 saturated heterocycles. The van der Waals surface area contributed by atoms with Crippen molar-refractivity contribution in [1.29, 1.82) is 0 Å². The molecule has 0 aliphatic carbocycles. The van der Waals surface area contributed by atoms with Crippen molar-refractivity contribution in [2.24, 2.45) is 0 Å². The van der Waals surface area contributed by atoms with Crippen LogP contribution >= 0.6 is 0 Å². The van der Waals surface area contributed by atoms with Gasteiger partial charge in [0.25, 0.3) is 0 Å². The highest BCUT2D eigenvalue weighted by Crippen LogP contribution is 2.25. The van der Waals surface area contributed by atoms with Gasteiger partial charge in [0.2, 0.25) is 0 Å². The molecule has 0 fully saturated rings. The third-order valence-electron chi connectivity index (χ3n) is 1.43. The van der Waals surface area contributed by atoms with Crippen LogP contribution < -0.4 is 0 Å². The van der Waals surface area contributed by atoms with E-state index in [-0.39, 0.29) is 6.07 Å². The van der Waals surface area contributed by atoms with E-state index in [1.807, 2.05) is 0 Å². The molecule has 0 bridgehead atoms. The van der Waals surface area contributed by atoms with Crippen molar-refractivity contribution in [3.63, 3.8) is 0 Å². The Morgan fingerprint density at radius 1 is 1.00 bits per heavy atom. The predicted octanol–water partition coefficient (Wildman–Crippen LogP) is 2.57. The van der Waals surface area contributed by atoms with Gasteiger partial charge in [0.15, 0.2) is 23.3 Å². The average Bonchev–Trinajstić information content (AvgIpc) is 2.15. The van der Waals surface area contributed by atoms with Gasteiger partial charge >= 0.3 is 5.76 Å². The van der Waals surface area contributed by atoms with Gasteiger partial charge in [-0.2, -0.15) is 8.78 Å². The van der Waals surface area contributed by atoms with Crippen molar-refractivity contribution in [3.05, 3.63) is 29.3 Å². The largest absolute Gasteiger partial charge is 0.316 e. The summed E-state index contributed by atoms with van der Waals surface area (Å²) in [6.07, 6.45) is 0. The van der Waals surface area contributed by atoms with Crippen LogP contribution in [-0.2, 0) is 10.8 Å². The van der Waals surface area contributed by atoms with E-state index in [4.69, 9.17) is 0 Å². The summed E-state index contributed by atoms with van der Waals surface area (Å²) in [5, 5.41) is 0. The standard InChI is InChI=1S/C7H2F6OS/c8-2-1-3(9)5(11)6(4(2)10)15(14)7(12)13/h1,7H. The van der Waals surface area contributed by atoms with Crippen LogP contribution in [0.1, 0.15) is 0 Å². The fraction of sp³-hybridized carbons (Fsp3) is 0.143. The van der Waals surface area contributed by atoms with Gasteiger partial charge in [-0.25, -0.2) is 21.8 Å². The molecule has 0 radical (unpaired) electrons. The molecule has 1 aromatic rings. The molecule has 0 saturated carbocycles. The smallest absolute Gasteiger partial charge is 0.248 e. The number of benzene rings is 1. The van der Waals surface area contributed by atoms with Gasteiger partial charge < -0.3 is 0 Å². The summed E-state index contributed by atoms with van der Waals surface area (Å²) in [6.45, 7) is 0. The maximum Gasteiger partial charge on any atom is 0.316 e. The van der Waals surface area contributed by atoms with E-state index in [9.17, 15) is 30.6 Å². The van der Waals surface area contributed by atoms with Crippen LogP contribution in [0.3, 0.4) is 0 Å². The van der Waals surface area contributed by atoms with Crippen molar-refractivity contribution in [3.8, 4) is 0 Å². The number of alkyl halides is 2. The molecule has 1 aromatic carbocycles. The van der Waals surface area contributed by atoms with E-state index in [1.54, 1.807) is 0 Å². The van der Waals surface area contributed by atoms with Crippen molar-refractivity contribution in [2.75, 3.05) is 0 Å². The van der Waals surface area contributed by atoms with Crippen LogP contribution in [0, 0.1) is 23.3 Å². The van der Waals surface area contributed by atoms with Gasteiger partial charge in [0.1, 0.15) is 15.7 Å². The van der Waals surface area contributed by atoms with E-state index in [1.165, 1.54) is 0 Å². The minimum atomic E-state index is -3.63. The lowest BCUT2D eigenvalue weighted by molar-refractivity contribution is 0.242. The minimum absolute atomic E-state index is 0.156. The first-order valence-electron chi connectivity index (χ1n) is 3.38. The Kier molecular flexibility index (Phi) is 3.38. The normalized spacial score (nSPS) is 13.3. The zero-order valence-corrected chi connectivity index (χ0v) is 7.56. The van der Waals surface area contributed by atoms with E-state index < -0.39 is 44.7 Å². The summed E-state index contributed by atoms with van der Waals surface area (Å²) < 4.78 is 84.8. The van der Waals surface area contributed by atoms with Crippen LogP contribution in [0.15, 0.2) is 11.0 Å². The Hall–Kier alpha value is -1.05. The number of halogens is 6. The van der Waals surface area contributed by atoms with Crippen LogP contribution in [-0.4, -0.2) is 9.97 Å². The van der Waals surface area contributed by atoms with E-state index in [0.29, 0.717) is 0 Å². The van der Waals surface area contributed by atoms with Gasteiger partial charge in [0.05, 0.1) is 0 Å². The first kappa shape index (κ1) is 12.0. The minimum Gasteiger partial charge on any atom is -0.248 e. The van der Waals surface area contributed by atoms with E-state index >= 15 is 0 Å². The molecular weight excluding hydrogens is 246 g/mol. The molecule has 1 rings (SSSR count). The third kappa shape index (κ3) is 2.14. The summed E-state index contributed by atoms with van der Waals surface area (Å²) in [6, 6.07) is -0.156. The molecule has 0 aromatic heterocycles. The molecular formula is C7H2F6OS. The molecule has 0 N–H and O–H groups in total. The number of hydrogen-bond acceptors (Lipinski definition) is 1. The van der Waals surface area contributed by atoms with Gasteiger partial charge in [-0.15, -0.1) is 0 Å². The lowest BCUT2D eigenvalue weighted by Gasteiger charge is -2.05. The fourth-order valence-corrected chi connectivity index (χ4v) is 1.54. The van der Waals surface area contributed by atoms with Gasteiger partial charge in [0, 0.05) is 6.07 Å². The zero-order chi connectivity index (χ0) is 11.7. The SMILES string of the molecule is O=S(c1c(F)c(F)cc(F)c1F)C(F)F. The Balaban J connectivity index is 3.46. The highest BCUT2D eigenvalue weighted by atomic mass is 32.2. The quantitative estimate of drug-likeness (QED) is 0.580. The Morgan fingerprint density at radius 2 is 1.40 bits per heavy atom. The molecule has 15 heavy (non-hydrogen) atoms. The molecule has 8 heteroatoms. The predicted molar refractivity (Wildman–Crippen MR) is 38.7 cm³/mol. The van der Waals surface area contributed by atoms with Crippen LogP contribution in [0.4, 0.5) is 26.3 Å². The molecule has 0 amide bonds. The summed E-state index contributed by atoms with van der Waals surface area (Å²) in [4.78, 5) is -1.79. The molecule has 1 atom stereocenters. The first-order chi connectivity index (χ1) is 6.86. The maximum atomic E-state index is 12.7. The van der Waals surface area contributed by atoms with Crippen LogP contribution in [0.2, 0.25) is 0 Å². The highest BCUT2D eigenvalue weighted by Gasteiger charge is 2.28. The molecule has 0 aliphatic heterocycles. The van der Waals surface area contributed by atoms with E-state index in [0.717, 1.165) is 0 Å². The second-order valence-electron chi connectivity index (χ2n) is 2.36. The Morgan fingerprint density at radius 3 is 1.73 bits per heavy atom. The Bertz CT molecular complexity index is 392. The maximum absolute atomic E-state index is 12.7.